The molecular formula is C21H21NO3. The van der Waals surface area contributed by atoms with E-state index in [1.165, 1.54) is 0 Å². The van der Waals surface area contributed by atoms with Crippen molar-refractivity contribution in [3.05, 3.63) is 78.4 Å². The highest BCUT2D eigenvalue weighted by atomic mass is 16.5. The van der Waals surface area contributed by atoms with Gasteiger partial charge in [0, 0.05) is 12.1 Å². The van der Waals surface area contributed by atoms with Crippen molar-refractivity contribution in [3.63, 3.8) is 0 Å². The molecular weight excluding hydrogens is 314 g/mol. The van der Waals surface area contributed by atoms with Crippen LogP contribution in [0.1, 0.15) is 5.56 Å². The van der Waals surface area contributed by atoms with Crippen LogP contribution in [0.15, 0.2) is 72.8 Å². The van der Waals surface area contributed by atoms with E-state index in [1.54, 1.807) is 14.2 Å². The monoisotopic (exact) mass is 335 g/mol. The summed E-state index contributed by atoms with van der Waals surface area (Å²) in [4.78, 5) is 0. The predicted octanol–water partition coefficient (Wildman–Crippen LogP) is 5.11. The number of ether oxygens (including phenoxy) is 3. The second-order valence-corrected chi connectivity index (χ2v) is 5.44. The summed E-state index contributed by atoms with van der Waals surface area (Å²) >= 11 is 0. The van der Waals surface area contributed by atoms with Gasteiger partial charge in [0.25, 0.3) is 0 Å². The molecule has 0 aliphatic heterocycles. The van der Waals surface area contributed by atoms with Gasteiger partial charge in [-0.3, -0.25) is 0 Å². The Morgan fingerprint density at radius 1 is 0.720 bits per heavy atom. The van der Waals surface area contributed by atoms with Crippen molar-refractivity contribution in [2.45, 2.75) is 6.54 Å². The number of anilines is 1. The predicted molar refractivity (Wildman–Crippen MR) is 99.8 cm³/mol. The second kappa shape index (κ2) is 8.11. The van der Waals surface area contributed by atoms with E-state index in [2.05, 4.69) is 5.32 Å². The Hall–Kier alpha value is -3.14. The molecule has 0 unspecified atom stereocenters. The maximum absolute atomic E-state index is 5.98. The number of hydrogen-bond donors (Lipinski definition) is 1. The summed E-state index contributed by atoms with van der Waals surface area (Å²) in [5.41, 5.74) is 1.92. The van der Waals surface area contributed by atoms with Gasteiger partial charge in [-0.25, -0.2) is 0 Å². The number of nitrogens with one attached hydrogen (secondary N) is 1. The first kappa shape index (κ1) is 16.7. The van der Waals surface area contributed by atoms with Crippen LogP contribution in [-0.2, 0) is 6.54 Å². The van der Waals surface area contributed by atoms with Crippen LogP contribution in [0.3, 0.4) is 0 Å². The van der Waals surface area contributed by atoms with Crippen LogP contribution < -0.4 is 19.5 Å². The molecule has 3 aromatic carbocycles. The Morgan fingerprint density at radius 3 is 2.24 bits per heavy atom. The maximum Gasteiger partial charge on any atom is 0.150 e. The van der Waals surface area contributed by atoms with Gasteiger partial charge in [-0.15, -0.1) is 0 Å². The largest absolute Gasteiger partial charge is 0.497 e. The minimum atomic E-state index is 0.593. The van der Waals surface area contributed by atoms with Crippen molar-refractivity contribution < 1.29 is 14.2 Å². The smallest absolute Gasteiger partial charge is 0.150 e. The Bertz CT molecular complexity index is 818. The molecule has 4 nitrogen and oxygen atoms in total. The third-order valence-electron chi connectivity index (χ3n) is 3.81. The van der Waals surface area contributed by atoms with Crippen LogP contribution in [0, 0.1) is 0 Å². The molecule has 0 aliphatic rings. The quantitative estimate of drug-likeness (QED) is 0.651. The first-order valence-electron chi connectivity index (χ1n) is 8.07. The Labute approximate surface area is 148 Å². The lowest BCUT2D eigenvalue weighted by molar-refractivity contribution is 0.399. The van der Waals surface area contributed by atoms with E-state index in [4.69, 9.17) is 14.2 Å². The molecule has 0 heterocycles. The van der Waals surface area contributed by atoms with Gasteiger partial charge in [0.2, 0.25) is 0 Å². The molecule has 0 aliphatic carbocycles. The molecule has 3 rings (SSSR count). The molecule has 4 heteroatoms. The van der Waals surface area contributed by atoms with E-state index in [-0.39, 0.29) is 0 Å². The molecule has 0 spiro atoms. The Morgan fingerprint density at radius 2 is 1.48 bits per heavy atom. The van der Waals surface area contributed by atoms with Gasteiger partial charge in [-0.2, -0.15) is 0 Å². The van der Waals surface area contributed by atoms with Gasteiger partial charge < -0.3 is 19.5 Å². The lowest BCUT2D eigenvalue weighted by Crippen LogP contribution is -2.03. The van der Waals surface area contributed by atoms with Crippen LogP contribution in [0.5, 0.6) is 23.0 Å². The Kier molecular flexibility index (Phi) is 5.42. The van der Waals surface area contributed by atoms with Crippen molar-refractivity contribution in [1.82, 2.24) is 0 Å². The highest BCUT2D eigenvalue weighted by molar-refractivity contribution is 5.58. The molecule has 0 radical (unpaired) electrons. The fourth-order valence-electron chi connectivity index (χ4n) is 2.53. The topological polar surface area (TPSA) is 39.7 Å². The highest BCUT2D eigenvalue weighted by Crippen LogP contribution is 2.31. The molecule has 0 bridgehead atoms. The van der Waals surface area contributed by atoms with Crippen molar-refractivity contribution in [2.75, 3.05) is 19.5 Å². The first-order valence-corrected chi connectivity index (χ1v) is 8.07. The molecule has 0 saturated heterocycles. The summed E-state index contributed by atoms with van der Waals surface area (Å²) in [6.07, 6.45) is 0. The zero-order valence-electron chi connectivity index (χ0n) is 14.4. The lowest BCUT2D eigenvalue weighted by Gasteiger charge is -2.15. The molecule has 25 heavy (non-hydrogen) atoms. The summed E-state index contributed by atoms with van der Waals surface area (Å²) in [5, 5.41) is 3.42. The van der Waals surface area contributed by atoms with E-state index in [9.17, 15) is 0 Å². The van der Waals surface area contributed by atoms with Crippen molar-refractivity contribution in [3.8, 4) is 23.0 Å². The minimum Gasteiger partial charge on any atom is -0.497 e. The zero-order valence-corrected chi connectivity index (χ0v) is 14.4. The summed E-state index contributed by atoms with van der Waals surface area (Å²) < 4.78 is 16.7. The molecule has 0 atom stereocenters. The van der Waals surface area contributed by atoms with Crippen LogP contribution in [0.2, 0.25) is 0 Å². The normalized spacial score (nSPS) is 10.2. The summed E-state index contributed by atoms with van der Waals surface area (Å²) in [5.74, 6) is 3.19. The van der Waals surface area contributed by atoms with Gasteiger partial charge in [-0.1, -0.05) is 30.3 Å². The Balaban J connectivity index is 1.78. The van der Waals surface area contributed by atoms with E-state index >= 15 is 0 Å². The lowest BCUT2D eigenvalue weighted by atomic mass is 10.1. The average Bonchev–Trinajstić information content (AvgIpc) is 2.68. The number of benzene rings is 3. The fourth-order valence-corrected chi connectivity index (χ4v) is 2.53. The van der Waals surface area contributed by atoms with Crippen molar-refractivity contribution in [2.24, 2.45) is 0 Å². The average molecular weight is 335 g/mol. The summed E-state index contributed by atoms with van der Waals surface area (Å²) in [6, 6.07) is 23.3. The van der Waals surface area contributed by atoms with Crippen LogP contribution in [0.25, 0.3) is 0 Å². The maximum atomic E-state index is 5.98. The summed E-state index contributed by atoms with van der Waals surface area (Å²) in [7, 11) is 3.32. The SMILES string of the molecule is COc1ccc(OC)c(CNc2ccccc2Oc2ccccc2)c1. The van der Waals surface area contributed by atoms with E-state index in [0.717, 1.165) is 34.2 Å². The molecule has 0 aromatic heterocycles. The van der Waals surface area contributed by atoms with E-state index < -0.39 is 0 Å². The van der Waals surface area contributed by atoms with E-state index in [0.29, 0.717) is 6.54 Å². The molecule has 0 fully saturated rings. The van der Waals surface area contributed by atoms with Crippen LogP contribution >= 0.6 is 0 Å². The zero-order chi connectivity index (χ0) is 17.5. The first-order chi connectivity index (χ1) is 12.3. The highest BCUT2D eigenvalue weighted by Gasteiger charge is 2.08. The van der Waals surface area contributed by atoms with Gasteiger partial charge in [0.05, 0.1) is 19.9 Å². The standard InChI is InChI=1S/C21H21NO3/c1-23-18-12-13-20(24-2)16(14-18)15-22-19-10-6-7-11-21(19)25-17-8-4-3-5-9-17/h3-14,22H,15H2,1-2H3. The number of methoxy groups -OCH3 is 2. The van der Waals surface area contributed by atoms with Gasteiger partial charge in [0.15, 0.2) is 5.75 Å². The number of para-hydroxylation sites is 3. The van der Waals surface area contributed by atoms with Gasteiger partial charge in [0.1, 0.15) is 17.2 Å². The van der Waals surface area contributed by atoms with Crippen LogP contribution in [-0.4, -0.2) is 14.2 Å². The van der Waals surface area contributed by atoms with Crippen LogP contribution in [0.4, 0.5) is 5.69 Å². The third kappa shape index (κ3) is 4.23. The molecule has 0 saturated carbocycles. The molecule has 0 amide bonds. The van der Waals surface area contributed by atoms with Crippen molar-refractivity contribution in [1.29, 1.82) is 0 Å². The van der Waals surface area contributed by atoms with Crippen molar-refractivity contribution >= 4 is 5.69 Å². The summed E-state index contributed by atoms with van der Waals surface area (Å²) in [6.45, 7) is 0.593. The van der Waals surface area contributed by atoms with Gasteiger partial charge >= 0.3 is 0 Å². The molecule has 1 N–H and O–H groups in total. The fraction of sp³-hybridized carbons (Fsp3) is 0.143. The number of hydrogen-bond acceptors (Lipinski definition) is 4. The minimum absolute atomic E-state index is 0.593. The number of rotatable bonds is 7. The third-order valence-corrected chi connectivity index (χ3v) is 3.81. The second-order valence-electron chi connectivity index (χ2n) is 5.44. The molecule has 128 valence electrons. The van der Waals surface area contributed by atoms with E-state index in [1.807, 2.05) is 72.8 Å². The van der Waals surface area contributed by atoms with Gasteiger partial charge in [-0.05, 0) is 42.5 Å². The molecule has 3 aromatic rings.